The molecule has 2 aromatic rings. The van der Waals surface area contributed by atoms with Gasteiger partial charge in [-0.1, -0.05) is 24.0 Å². The predicted molar refractivity (Wildman–Crippen MR) is 102 cm³/mol. The van der Waals surface area contributed by atoms with Gasteiger partial charge in [0, 0.05) is 25.2 Å². The topological polar surface area (TPSA) is 105 Å². The summed E-state index contributed by atoms with van der Waals surface area (Å²) in [6.07, 6.45) is 4.95. The van der Waals surface area contributed by atoms with Crippen LogP contribution < -0.4 is 11.5 Å². The van der Waals surface area contributed by atoms with Crippen LogP contribution in [0.2, 0.25) is 0 Å². The summed E-state index contributed by atoms with van der Waals surface area (Å²) in [6, 6.07) is 10.1. The number of carbonyl (C=O) groups is 2. The van der Waals surface area contributed by atoms with Crippen molar-refractivity contribution in [3.63, 3.8) is 0 Å². The van der Waals surface area contributed by atoms with Gasteiger partial charge >= 0.3 is 11.9 Å². The van der Waals surface area contributed by atoms with Crippen molar-refractivity contribution in [2.75, 3.05) is 11.5 Å². The number of esters is 2. The van der Waals surface area contributed by atoms with Gasteiger partial charge in [-0.25, -0.2) is 9.59 Å². The maximum absolute atomic E-state index is 12.0. The zero-order valence-electron chi connectivity index (χ0n) is 15.0. The molecule has 0 aliphatic rings. The fourth-order valence-corrected chi connectivity index (χ4v) is 2.32. The van der Waals surface area contributed by atoms with E-state index in [1.165, 1.54) is 0 Å². The standard InChI is InChI=1S/C21H18N2O4/c1-3-9-26-20(24)16-12-14(5-7-18(16)22)11-15-6-8-19(23)17(13-15)21(25)27-10-4-2/h5-8,12-13H,11,22-23H2,1-2H3. The zero-order chi connectivity index (χ0) is 19.8. The molecule has 0 aromatic heterocycles. The second kappa shape index (κ2) is 8.98. The Bertz CT molecular complexity index is 923. The minimum absolute atomic E-state index is 0.226. The Morgan fingerprint density at radius 1 is 0.815 bits per heavy atom. The van der Waals surface area contributed by atoms with Gasteiger partial charge in [0.25, 0.3) is 0 Å². The number of nitrogen functional groups attached to an aromatic ring is 2. The van der Waals surface area contributed by atoms with Crippen molar-refractivity contribution in [1.29, 1.82) is 0 Å². The van der Waals surface area contributed by atoms with Gasteiger partial charge in [-0.15, -0.1) is 0 Å². The van der Waals surface area contributed by atoms with E-state index in [9.17, 15) is 9.59 Å². The van der Waals surface area contributed by atoms with E-state index in [1.54, 1.807) is 50.2 Å². The van der Waals surface area contributed by atoms with E-state index in [1.807, 2.05) is 0 Å². The van der Waals surface area contributed by atoms with E-state index in [0.717, 1.165) is 11.1 Å². The Balaban J connectivity index is 2.28. The minimum atomic E-state index is -0.622. The van der Waals surface area contributed by atoms with Crippen LogP contribution in [0.15, 0.2) is 36.4 Å². The molecule has 0 aliphatic carbocycles. The van der Waals surface area contributed by atoms with Gasteiger partial charge in [0.1, 0.15) is 12.2 Å². The van der Waals surface area contributed by atoms with Gasteiger partial charge in [0.2, 0.25) is 0 Å². The van der Waals surface area contributed by atoms with E-state index >= 15 is 0 Å². The van der Waals surface area contributed by atoms with Crippen LogP contribution in [0.3, 0.4) is 0 Å². The summed E-state index contributed by atoms with van der Waals surface area (Å²) in [5.41, 5.74) is 14.3. The second-order valence-electron chi connectivity index (χ2n) is 5.50. The van der Waals surface area contributed by atoms with Gasteiger partial charge in [0.15, 0.2) is 0 Å². The zero-order valence-corrected chi connectivity index (χ0v) is 15.0. The Kier molecular flexibility index (Phi) is 6.46. The van der Waals surface area contributed by atoms with Crippen LogP contribution in [0.5, 0.6) is 0 Å². The molecule has 2 rings (SSSR count). The molecule has 0 spiro atoms. The first-order valence-corrected chi connectivity index (χ1v) is 7.99. The highest BCUT2D eigenvalue weighted by molar-refractivity contribution is 5.96. The number of hydrogen-bond acceptors (Lipinski definition) is 6. The lowest BCUT2D eigenvalue weighted by Crippen LogP contribution is -2.08. The maximum atomic E-state index is 12.0. The molecule has 0 saturated carbocycles. The molecular weight excluding hydrogens is 344 g/mol. The number of rotatable bonds is 4. The molecule has 0 fully saturated rings. The van der Waals surface area contributed by atoms with Gasteiger partial charge in [-0.3, -0.25) is 0 Å². The summed E-state index contributed by atoms with van der Waals surface area (Å²) in [5, 5.41) is 0. The van der Waals surface area contributed by atoms with Crippen molar-refractivity contribution in [3.8, 4) is 24.1 Å². The predicted octanol–water partition coefficient (Wildman–Crippen LogP) is 2.72. The summed E-state index contributed by atoms with van der Waals surface area (Å²) in [7, 11) is 0. The lowest BCUT2D eigenvalue weighted by atomic mass is 9.99. The third-order valence-corrected chi connectivity index (χ3v) is 3.58. The molecule has 4 N–H and O–H groups in total. The fourth-order valence-electron chi connectivity index (χ4n) is 2.32. The quantitative estimate of drug-likeness (QED) is 0.492. The summed E-state index contributed by atoms with van der Waals surface area (Å²) in [4.78, 5) is 24.0. The molecule has 136 valence electrons. The van der Waals surface area contributed by atoms with E-state index in [-0.39, 0.29) is 11.1 Å². The Labute approximate surface area is 157 Å². The monoisotopic (exact) mass is 362 g/mol. The molecule has 0 radical (unpaired) electrons. The SMILES string of the molecule is CC#COC(=O)c1cc(Cc2ccc(N)c(C(=O)OC#CC)c2)ccc1N. The first-order chi connectivity index (χ1) is 13.0. The largest absolute Gasteiger partial charge is 0.398 e. The first kappa shape index (κ1) is 19.4. The van der Waals surface area contributed by atoms with Crippen LogP contribution in [0.4, 0.5) is 11.4 Å². The molecule has 0 amide bonds. The highest BCUT2D eigenvalue weighted by atomic mass is 16.5. The van der Waals surface area contributed by atoms with E-state index in [0.29, 0.717) is 17.8 Å². The van der Waals surface area contributed by atoms with Crippen molar-refractivity contribution in [3.05, 3.63) is 58.7 Å². The van der Waals surface area contributed by atoms with E-state index in [4.69, 9.17) is 20.9 Å². The molecule has 6 heteroatoms. The van der Waals surface area contributed by atoms with Gasteiger partial charge in [-0.2, -0.15) is 0 Å². The fraction of sp³-hybridized carbons (Fsp3) is 0.143. The van der Waals surface area contributed by atoms with E-state index in [2.05, 4.69) is 24.1 Å². The average Bonchev–Trinajstić information content (AvgIpc) is 2.67. The van der Waals surface area contributed by atoms with Gasteiger partial charge < -0.3 is 20.9 Å². The Morgan fingerprint density at radius 3 is 1.59 bits per heavy atom. The number of hydrogen-bond donors (Lipinski definition) is 2. The number of anilines is 2. The highest BCUT2D eigenvalue weighted by Gasteiger charge is 2.14. The molecule has 27 heavy (non-hydrogen) atoms. The Morgan fingerprint density at radius 2 is 1.22 bits per heavy atom. The molecule has 0 heterocycles. The third kappa shape index (κ3) is 5.04. The molecule has 0 aliphatic heterocycles. The van der Waals surface area contributed by atoms with Gasteiger partial charge in [-0.05, 0) is 41.8 Å². The number of nitrogens with two attached hydrogens (primary N) is 2. The second-order valence-corrected chi connectivity index (χ2v) is 5.50. The molecule has 0 saturated heterocycles. The van der Waals surface area contributed by atoms with Gasteiger partial charge in [0.05, 0.1) is 11.1 Å². The number of ether oxygens (including phenoxy) is 2. The van der Waals surface area contributed by atoms with Crippen molar-refractivity contribution < 1.29 is 19.1 Å². The first-order valence-electron chi connectivity index (χ1n) is 7.99. The van der Waals surface area contributed by atoms with Crippen LogP contribution in [0.1, 0.15) is 45.7 Å². The van der Waals surface area contributed by atoms with Crippen LogP contribution in [0.25, 0.3) is 0 Å². The Hall–Kier alpha value is -3.90. The van der Waals surface area contributed by atoms with Crippen LogP contribution in [0, 0.1) is 24.1 Å². The lowest BCUT2D eigenvalue weighted by Gasteiger charge is -2.09. The van der Waals surface area contributed by atoms with Crippen LogP contribution in [-0.4, -0.2) is 11.9 Å². The maximum Gasteiger partial charge on any atom is 0.354 e. The summed E-state index contributed by atoms with van der Waals surface area (Å²) >= 11 is 0. The van der Waals surface area contributed by atoms with Crippen LogP contribution >= 0.6 is 0 Å². The molecule has 0 atom stereocenters. The highest BCUT2D eigenvalue weighted by Crippen LogP contribution is 2.21. The van der Waals surface area contributed by atoms with Crippen molar-refractivity contribution in [2.45, 2.75) is 20.3 Å². The minimum Gasteiger partial charge on any atom is -0.398 e. The number of carbonyl (C=O) groups excluding carboxylic acids is 2. The van der Waals surface area contributed by atoms with Crippen molar-refractivity contribution >= 4 is 23.3 Å². The number of benzene rings is 2. The van der Waals surface area contributed by atoms with Crippen LogP contribution in [-0.2, 0) is 15.9 Å². The average molecular weight is 362 g/mol. The summed E-state index contributed by atoms with van der Waals surface area (Å²) in [6.45, 7) is 3.12. The molecule has 6 nitrogen and oxygen atoms in total. The van der Waals surface area contributed by atoms with Crippen molar-refractivity contribution in [1.82, 2.24) is 0 Å². The van der Waals surface area contributed by atoms with E-state index < -0.39 is 11.9 Å². The molecule has 2 aromatic carbocycles. The summed E-state index contributed by atoms with van der Waals surface area (Å²) in [5.74, 6) is 3.72. The molecular formula is C21H18N2O4. The molecule has 0 unspecified atom stereocenters. The normalized spacial score (nSPS) is 9.26. The smallest absolute Gasteiger partial charge is 0.354 e. The van der Waals surface area contributed by atoms with Crippen molar-refractivity contribution in [2.24, 2.45) is 0 Å². The molecule has 0 bridgehead atoms. The summed E-state index contributed by atoms with van der Waals surface area (Å²) < 4.78 is 9.59. The lowest BCUT2D eigenvalue weighted by molar-refractivity contribution is 0.0682. The third-order valence-electron chi connectivity index (χ3n) is 3.58.